The molecule has 0 amide bonds. The number of rotatable bonds is 2. The average molecular weight is 254 g/mol. The Hall–Kier alpha value is -2.14. The van der Waals surface area contributed by atoms with E-state index in [9.17, 15) is 0 Å². The van der Waals surface area contributed by atoms with Crippen LogP contribution >= 0.6 is 11.3 Å². The van der Waals surface area contributed by atoms with Crippen LogP contribution in [-0.4, -0.2) is 19.9 Å². The molecule has 0 aromatic carbocycles. The minimum absolute atomic E-state index is 0.639. The molecule has 0 fully saturated rings. The largest absolute Gasteiger partial charge is 0.249 e. The summed E-state index contributed by atoms with van der Waals surface area (Å²) in [6, 6.07) is 7.63. The summed E-state index contributed by atoms with van der Waals surface area (Å²) in [6.45, 7) is 1.98. The fourth-order valence-electron chi connectivity index (χ4n) is 1.61. The Morgan fingerprint density at radius 1 is 0.944 bits per heavy atom. The van der Waals surface area contributed by atoms with Crippen molar-refractivity contribution in [2.24, 2.45) is 0 Å². The van der Waals surface area contributed by atoms with Gasteiger partial charge in [-0.2, -0.15) is 0 Å². The van der Waals surface area contributed by atoms with Crippen LogP contribution in [0.4, 0.5) is 0 Å². The average Bonchev–Trinajstić information content (AvgIpc) is 2.87. The van der Waals surface area contributed by atoms with E-state index in [2.05, 4.69) is 19.9 Å². The minimum atomic E-state index is 0.639. The second-order valence-electron chi connectivity index (χ2n) is 3.72. The summed E-state index contributed by atoms with van der Waals surface area (Å²) in [5.41, 5.74) is 1.68. The van der Waals surface area contributed by atoms with Gasteiger partial charge in [0.2, 0.25) is 0 Å². The number of aryl methyl sites for hydroxylation is 1. The van der Waals surface area contributed by atoms with E-state index in [1.165, 1.54) is 0 Å². The van der Waals surface area contributed by atoms with Crippen LogP contribution in [0.15, 0.2) is 42.9 Å². The predicted molar refractivity (Wildman–Crippen MR) is 71.1 cm³/mol. The molecule has 0 saturated heterocycles. The third kappa shape index (κ3) is 2.12. The van der Waals surface area contributed by atoms with Gasteiger partial charge in [0, 0.05) is 18.6 Å². The molecule has 0 aliphatic heterocycles. The van der Waals surface area contributed by atoms with Gasteiger partial charge in [-0.25, -0.2) is 19.9 Å². The van der Waals surface area contributed by atoms with Gasteiger partial charge in [-0.15, -0.1) is 11.3 Å². The maximum Gasteiger partial charge on any atom is 0.178 e. The number of aromatic nitrogens is 4. The van der Waals surface area contributed by atoms with Gasteiger partial charge in [0.25, 0.3) is 0 Å². The van der Waals surface area contributed by atoms with Crippen LogP contribution in [0.1, 0.15) is 5.01 Å². The summed E-state index contributed by atoms with van der Waals surface area (Å²) >= 11 is 1.63. The lowest BCUT2D eigenvalue weighted by atomic mass is 10.2. The molecule has 3 heterocycles. The van der Waals surface area contributed by atoms with Crippen molar-refractivity contribution < 1.29 is 0 Å². The first-order valence-electron chi connectivity index (χ1n) is 5.50. The molecule has 88 valence electrons. The maximum atomic E-state index is 4.57. The van der Waals surface area contributed by atoms with E-state index in [0.29, 0.717) is 5.82 Å². The zero-order valence-corrected chi connectivity index (χ0v) is 10.6. The highest BCUT2D eigenvalue weighted by Gasteiger charge is 2.06. The first-order chi connectivity index (χ1) is 8.83. The van der Waals surface area contributed by atoms with Crippen LogP contribution in [0.2, 0.25) is 0 Å². The molecule has 0 atom stereocenters. The second kappa shape index (κ2) is 4.62. The van der Waals surface area contributed by atoms with Crippen molar-refractivity contribution in [3.8, 4) is 22.1 Å². The smallest absolute Gasteiger partial charge is 0.178 e. The van der Waals surface area contributed by atoms with Crippen LogP contribution in [0.25, 0.3) is 22.1 Å². The third-order valence-electron chi connectivity index (χ3n) is 2.42. The molecule has 0 aliphatic carbocycles. The van der Waals surface area contributed by atoms with Crippen molar-refractivity contribution in [3.05, 3.63) is 47.9 Å². The minimum Gasteiger partial charge on any atom is -0.249 e. The maximum absolute atomic E-state index is 4.57. The molecule has 0 unspecified atom stereocenters. The standard InChI is InChI=1S/C13H10N4S/c1-9-16-8-12(18-9)10-4-2-5-11(17-10)13-14-6-3-7-15-13/h2-8H,1H3. The Balaban J connectivity index is 2.05. The van der Waals surface area contributed by atoms with Gasteiger partial charge >= 0.3 is 0 Å². The molecule has 0 spiro atoms. The van der Waals surface area contributed by atoms with Crippen LogP contribution in [-0.2, 0) is 0 Å². The molecule has 18 heavy (non-hydrogen) atoms. The SMILES string of the molecule is Cc1ncc(-c2cccc(-c3ncccn3)n2)s1. The Morgan fingerprint density at radius 3 is 2.44 bits per heavy atom. The van der Waals surface area contributed by atoms with Crippen molar-refractivity contribution in [2.75, 3.05) is 0 Å². The van der Waals surface area contributed by atoms with Gasteiger partial charge in [0.15, 0.2) is 5.82 Å². The van der Waals surface area contributed by atoms with Gasteiger partial charge < -0.3 is 0 Å². The van der Waals surface area contributed by atoms with Gasteiger partial charge in [-0.05, 0) is 25.1 Å². The lowest BCUT2D eigenvalue weighted by Crippen LogP contribution is -1.91. The van der Waals surface area contributed by atoms with Crippen molar-refractivity contribution in [2.45, 2.75) is 6.92 Å². The van der Waals surface area contributed by atoms with Gasteiger partial charge in [0.1, 0.15) is 5.69 Å². The number of hydrogen-bond donors (Lipinski definition) is 0. The monoisotopic (exact) mass is 254 g/mol. The highest BCUT2D eigenvalue weighted by atomic mass is 32.1. The highest BCUT2D eigenvalue weighted by molar-refractivity contribution is 7.15. The molecule has 0 aliphatic rings. The van der Waals surface area contributed by atoms with Gasteiger partial charge in [0.05, 0.1) is 15.6 Å². The predicted octanol–water partition coefficient (Wildman–Crippen LogP) is 2.97. The summed E-state index contributed by atoms with van der Waals surface area (Å²) in [7, 11) is 0. The van der Waals surface area contributed by atoms with E-state index in [0.717, 1.165) is 21.3 Å². The highest BCUT2D eigenvalue weighted by Crippen LogP contribution is 2.25. The van der Waals surface area contributed by atoms with E-state index in [1.807, 2.05) is 31.3 Å². The zero-order valence-electron chi connectivity index (χ0n) is 9.74. The molecule has 0 saturated carbocycles. The second-order valence-corrected chi connectivity index (χ2v) is 4.96. The molecule has 0 bridgehead atoms. The Kier molecular flexibility index (Phi) is 2.82. The fraction of sp³-hybridized carbons (Fsp3) is 0.0769. The first kappa shape index (κ1) is 11.0. The zero-order chi connectivity index (χ0) is 12.4. The normalized spacial score (nSPS) is 10.5. The summed E-state index contributed by atoms with van der Waals surface area (Å²) in [4.78, 5) is 18.3. The van der Waals surface area contributed by atoms with Gasteiger partial charge in [-0.3, -0.25) is 0 Å². The molecular weight excluding hydrogens is 244 g/mol. The van der Waals surface area contributed by atoms with Crippen LogP contribution in [0, 0.1) is 6.92 Å². The Labute approximate surface area is 108 Å². The summed E-state index contributed by atoms with van der Waals surface area (Å²) < 4.78 is 0. The van der Waals surface area contributed by atoms with Crippen LogP contribution < -0.4 is 0 Å². The lowest BCUT2D eigenvalue weighted by molar-refractivity contribution is 1.14. The number of nitrogens with zero attached hydrogens (tertiary/aromatic N) is 4. The van der Waals surface area contributed by atoms with E-state index in [1.54, 1.807) is 29.8 Å². The van der Waals surface area contributed by atoms with Crippen molar-refractivity contribution in [1.29, 1.82) is 0 Å². The third-order valence-corrected chi connectivity index (χ3v) is 3.35. The van der Waals surface area contributed by atoms with Gasteiger partial charge in [-0.1, -0.05) is 6.07 Å². The molecule has 4 nitrogen and oxygen atoms in total. The van der Waals surface area contributed by atoms with E-state index in [-0.39, 0.29) is 0 Å². The summed E-state index contributed by atoms with van der Waals surface area (Å²) in [6.07, 6.45) is 5.28. The van der Waals surface area contributed by atoms with Crippen molar-refractivity contribution in [1.82, 2.24) is 19.9 Å². The molecule has 0 N–H and O–H groups in total. The molecule has 3 aromatic rings. The lowest BCUT2D eigenvalue weighted by Gasteiger charge is -2.00. The molecule has 3 aromatic heterocycles. The Bertz CT molecular complexity index is 664. The molecule has 5 heteroatoms. The van der Waals surface area contributed by atoms with E-state index in [4.69, 9.17) is 0 Å². The van der Waals surface area contributed by atoms with E-state index < -0.39 is 0 Å². The molecule has 3 rings (SSSR count). The van der Waals surface area contributed by atoms with Crippen molar-refractivity contribution >= 4 is 11.3 Å². The van der Waals surface area contributed by atoms with Crippen molar-refractivity contribution in [3.63, 3.8) is 0 Å². The van der Waals surface area contributed by atoms with E-state index >= 15 is 0 Å². The topological polar surface area (TPSA) is 51.6 Å². The Morgan fingerprint density at radius 2 is 1.72 bits per heavy atom. The molecular formula is C13H10N4S. The van der Waals surface area contributed by atoms with Crippen LogP contribution in [0.5, 0.6) is 0 Å². The fourth-order valence-corrected chi connectivity index (χ4v) is 2.35. The number of pyridine rings is 1. The number of hydrogen-bond acceptors (Lipinski definition) is 5. The number of thiazole rings is 1. The first-order valence-corrected chi connectivity index (χ1v) is 6.32. The summed E-state index contributed by atoms with van der Waals surface area (Å²) in [5.74, 6) is 0.639. The molecule has 0 radical (unpaired) electrons. The summed E-state index contributed by atoms with van der Waals surface area (Å²) in [5, 5.41) is 1.04. The quantitative estimate of drug-likeness (QED) is 0.705. The van der Waals surface area contributed by atoms with Crippen LogP contribution in [0.3, 0.4) is 0 Å².